The Morgan fingerprint density at radius 2 is 1.67 bits per heavy atom. The molecule has 1 saturated heterocycles. The van der Waals surface area contributed by atoms with Crippen LogP contribution in [0.15, 0.2) is 66.2 Å². The standard InChI is InChI=1S/C26H29F2IN8O2/c27-20-2-7-23(24(28)14-20)26(39,16-35-18-30-17-31-35)15-34-12-10-33(11-13-34)8-1-9-37-25(38)36(19-32-37)22-5-3-21(29)4-6-22/h2-7,14,17-19,39H,1,8-13,15-16H2. The Kier molecular flexibility index (Phi) is 8.49. The topological polar surface area (TPSA) is 97.2 Å². The Morgan fingerprint density at radius 1 is 0.923 bits per heavy atom. The average molecular weight is 650 g/mol. The fraction of sp³-hybridized carbons (Fsp3) is 0.385. The summed E-state index contributed by atoms with van der Waals surface area (Å²) in [5.74, 6) is -1.49. The minimum atomic E-state index is -1.62. The van der Waals surface area contributed by atoms with Crippen molar-refractivity contribution < 1.29 is 13.9 Å². The minimum Gasteiger partial charge on any atom is -0.382 e. The van der Waals surface area contributed by atoms with Gasteiger partial charge in [-0.3, -0.25) is 4.90 Å². The molecule has 10 nitrogen and oxygen atoms in total. The molecule has 0 saturated carbocycles. The highest BCUT2D eigenvalue weighted by Crippen LogP contribution is 2.28. The lowest BCUT2D eigenvalue weighted by Gasteiger charge is -2.39. The monoisotopic (exact) mass is 650 g/mol. The van der Waals surface area contributed by atoms with Gasteiger partial charge in [0.2, 0.25) is 0 Å². The molecule has 0 bridgehead atoms. The zero-order chi connectivity index (χ0) is 27.4. The summed E-state index contributed by atoms with van der Waals surface area (Å²) in [5, 5.41) is 19.9. The molecule has 1 fully saturated rings. The van der Waals surface area contributed by atoms with Crippen LogP contribution in [0.4, 0.5) is 8.78 Å². The third-order valence-corrected chi connectivity index (χ3v) is 7.67. The Morgan fingerprint density at radius 3 is 2.36 bits per heavy atom. The van der Waals surface area contributed by atoms with Gasteiger partial charge in [-0.1, -0.05) is 6.07 Å². The van der Waals surface area contributed by atoms with Crippen LogP contribution in [0.2, 0.25) is 0 Å². The van der Waals surface area contributed by atoms with Crippen molar-refractivity contribution in [1.29, 1.82) is 0 Å². The fourth-order valence-electron chi connectivity index (χ4n) is 4.92. The van der Waals surface area contributed by atoms with Gasteiger partial charge in [0.15, 0.2) is 0 Å². The number of aliphatic hydroxyl groups is 1. The molecule has 2 aromatic heterocycles. The number of aromatic nitrogens is 6. The molecule has 4 aromatic rings. The number of piperazine rings is 1. The van der Waals surface area contributed by atoms with Crippen molar-refractivity contribution in [3.8, 4) is 5.69 Å². The Labute approximate surface area is 237 Å². The first-order chi connectivity index (χ1) is 18.8. The van der Waals surface area contributed by atoms with Crippen molar-refractivity contribution in [1.82, 2.24) is 38.9 Å². The van der Waals surface area contributed by atoms with Crippen LogP contribution in [-0.2, 0) is 18.7 Å². The zero-order valence-corrected chi connectivity index (χ0v) is 23.4. The van der Waals surface area contributed by atoms with E-state index >= 15 is 0 Å². The summed E-state index contributed by atoms with van der Waals surface area (Å²) in [5.41, 5.74) is -0.977. The van der Waals surface area contributed by atoms with Gasteiger partial charge in [0.05, 0.1) is 12.2 Å². The van der Waals surface area contributed by atoms with Crippen LogP contribution in [0.3, 0.4) is 0 Å². The highest BCUT2D eigenvalue weighted by atomic mass is 127. The molecule has 0 spiro atoms. The number of rotatable bonds is 10. The second-order valence-electron chi connectivity index (χ2n) is 9.70. The molecule has 3 heterocycles. The maximum Gasteiger partial charge on any atom is 0.350 e. The molecule has 0 radical (unpaired) electrons. The summed E-state index contributed by atoms with van der Waals surface area (Å²) in [7, 11) is 0. The highest BCUT2D eigenvalue weighted by molar-refractivity contribution is 14.1. The molecule has 1 aliphatic heterocycles. The van der Waals surface area contributed by atoms with Gasteiger partial charge in [-0.25, -0.2) is 32.5 Å². The number of halogens is 3. The first kappa shape index (κ1) is 27.6. The van der Waals surface area contributed by atoms with Crippen LogP contribution in [0, 0.1) is 15.2 Å². The first-order valence-corrected chi connectivity index (χ1v) is 13.7. The van der Waals surface area contributed by atoms with Gasteiger partial charge >= 0.3 is 5.69 Å². The van der Waals surface area contributed by atoms with Crippen LogP contribution in [0.5, 0.6) is 0 Å². The van der Waals surface area contributed by atoms with Crippen molar-refractivity contribution in [3.05, 3.63) is 92.7 Å². The summed E-state index contributed by atoms with van der Waals surface area (Å²) in [6, 6.07) is 10.9. The predicted molar refractivity (Wildman–Crippen MR) is 148 cm³/mol. The number of β-amino-alcohol motifs (C(OH)–C–C–N with tert-alkyl or cyclic N) is 1. The number of benzene rings is 2. The molecule has 13 heteroatoms. The molecular weight excluding hydrogens is 621 g/mol. The number of nitrogens with zero attached hydrogens (tertiary/aromatic N) is 8. The molecular formula is C26H29F2IN8O2. The van der Waals surface area contributed by atoms with Gasteiger partial charge in [0.1, 0.15) is 36.2 Å². The van der Waals surface area contributed by atoms with E-state index in [-0.39, 0.29) is 24.3 Å². The van der Waals surface area contributed by atoms with Crippen LogP contribution in [0.25, 0.3) is 5.69 Å². The molecule has 1 aliphatic rings. The third kappa shape index (κ3) is 6.59. The lowest BCUT2D eigenvalue weighted by atomic mass is 9.92. The van der Waals surface area contributed by atoms with E-state index in [9.17, 15) is 18.7 Å². The van der Waals surface area contributed by atoms with Crippen molar-refractivity contribution in [3.63, 3.8) is 0 Å². The molecule has 206 valence electrons. The lowest BCUT2D eigenvalue weighted by molar-refractivity contribution is -0.0319. The second kappa shape index (κ2) is 12.0. The van der Waals surface area contributed by atoms with Crippen LogP contribution >= 0.6 is 22.6 Å². The Bertz CT molecular complexity index is 1440. The van der Waals surface area contributed by atoms with Crippen LogP contribution in [-0.4, -0.2) is 83.3 Å². The number of hydrogen-bond donors (Lipinski definition) is 1. The Hall–Kier alpha value is -3.01. The minimum absolute atomic E-state index is 0.0145. The van der Waals surface area contributed by atoms with E-state index in [1.807, 2.05) is 24.3 Å². The zero-order valence-electron chi connectivity index (χ0n) is 21.2. The quantitative estimate of drug-likeness (QED) is 0.263. The molecule has 1 atom stereocenters. The van der Waals surface area contributed by atoms with Crippen molar-refractivity contribution in [2.45, 2.75) is 25.1 Å². The van der Waals surface area contributed by atoms with Gasteiger partial charge < -0.3 is 10.0 Å². The molecule has 5 rings (SSSR count). The molecule has 1 N–H and O–H groups in total. The largest absolute Gasteiger partial charge is 0.382 e. The number of hydrogen-bond acceptors (Lipinski definition) is 7. The maximum absolute atomic E-state index is 14.7. The highest BCUT2D eigenvalue weighted by Gasteiger charge is 2.36. The lowest BCUT2D eigenvalue weighted by Crippen LogP contribution is -2.52. The van der Waals surface area contributed by atoms with Crippen molar-refractivity contribution in [2.75, 3.05) is 39.3 Å². The summed E-state index contributed by atoms with van der Waals surface area (Å²) in [4.78, 5) is 21.0. The summed E-state index contributed by atoms with van der Waals surface area (Å²) < 4.78 is 33.8. The smallest absolute Gasteiger partial charge is 0.350 e. The van der Waals surface area contributed by atoms with Gasteiger partial charge in [-0.15, -0.1) is 0 Å². The van der Waals surface area contributed by atoms with Gasteiger partial charge in [0.25, 0.3) is 0 Å². The van der Waals surface area contributed by atoms with E-state index < -0.39 is 17.2 Å². The molecule has 2 aromatic carbocycles. The fourth-order valence-corrected chi connectivity index (χ4v) is 5.28. The van der Waals surface area contributed by atoms with E-state index in [2.05, 4.69) is 47.6 Å². The van der Waals surface area contributed by atoms with Crippen LogP contribution < -0.4 is 5.69 Å². The molecule has 1 unspecified atom stereocenters. The molecule has 39 heavy (non-hydrogen) atoms. The second-order valence-corrected chi connectivity index (χ2v) is 10.9. The van der Waals surface area contributed by atoms with Gasteiger partial charge in [0, 0.05) is 61.0 Å². The molecule has 0 aliphatic carbocycles. The molecule has 0 amide bonds. The van der Waals surface area contributed by atoms with E-state index in [4.69, 9.17) is 0 Å². The number of aryl methyl sites for hydroxylation is 1. The summed E-state index contributed by atoms with van der Waals surface area (Å²) in [6.45, 7) is 4.32. The van der Waals surface area contributed by atoms with Crippen molar-refractivity contribution in [2.24, 2.45) is 0 Å². The maximum atomic E-state index is 14.7. The SMILES string of the molecule is O=c1n(-c2ccc(I)cc2)cnn1CCCN1CCN(CC(O)(Cn2cncn2)c2ccc(F)cc2F)CC1. The summed E-state index contributed by atoms with van der Waals surface area (Å²) >= 11 is 2.22. The van der Waals surface area contributed by atoms with Crippen molar-refractivity contribution >= 4 is 22.6 Å². The normalized spacial score (nSPS) is 16.4. The van der Waals surface area contributed by atoms with Gasteiger partial charge in [-0.2, -0.15) is 10.2 Å². The first-order valence-electron chi connectivity index (χ1n) is 12.7. The van der Waals surface area contributed by atoms with E-state index in [0.717, 1.165) is 47.4 Å². The van der Waals surface area contributed by atoms with E-state index in [0.29, 0.717) is 19.6 Å². The predicted octanol–water partition coefficient (Wildman–Crippen LogP) is 2.10. The third-order valence-electron chi connectivity index (χ3n) is 6.96. The van der Waals surface area contributed by atoms with Crippen LogP contribution in [0.1, 0.15) is 12.0 Å². The summed E-state index contributed by atoms with van der Waals surface area (Å²) in [6.07, 6.45) is 5.12. The Balaban J connectivity index is 1.15. The average Bonchev–Trinajstić information content (AvgIpc) is 3.55. The van der Waals surface area contributed by atoms with E-state index in [1.165, 1.54) is 28.1 Å². The van der Waals surface area contributed by atoms with E-state index in [1.54, 1.807) is 10.9 Å². The van der Waals surface area contributed by atoms with Gasteiger partial charge in [-0.05, 0) is 59.3 Å².